The fourth-order valence-electron chi connectivity index (χ4n) is 1.35. The summed E-state index contributed by atoms with van der Waals surface area (Å²) in [6.45, 7) is 0.0833. The number of halogens is 1. The predicted molar refractivity (Wildman–Crippen MR) is 63.7 cm³/mol. The van der Waals surface area contributed by atoms with Gasteiger partial charge in [-0.2, -0.15) is 9.40 Å². The zero-order valence-electron chi connectivity index (χ0n) is 9.57. The summed E-state index contributed by atoms with van der Waals surface area (Å²) in [6.07, 6.45) is 1.32. The molecule has 0 saturated heterocycles. The number of sulfonamides is 1. The molecule has 0 spiro atoms. The van der Waals surface area contributed by atoms with Crippen LogP contribution in [0.3, 0.4) is 0 Å². The van der Waals surface area contributed by atoms with Gasteiger partial charge in [0.15, 0.2) is 4.60 Å². The van der Waals surface area contributed by atoms with Gasteiger partial charge in [0.1, 0.15) is 12.2 Å². The van der Waals surface area contributed by atoms with Crippen molar-refractivity contribution < 1.29 is 8.42 Å². The van der Waals surface area contributed by atoms with E-state index in [1.165, 1.54) is 25.1 Å². The molecule has 0 fully saturated rings. The van der Waals surface area contributed by atoms with Crippen LogP contribution in [0.2, 0.25) is 0 Å². The molecule has 98 valence electrons. The Labute approximate surface area is 111 Å². The van der Waals surface area contributed by atoms with Crippen molar-refractivity contribution in [2.24, 2.45) is 7.05 Å². The van der Waals surface area contributed by atoms with E-state index in [2.05, 4.69) is 41.4 Å². The van der Waals surface area contributed by atoms with Crippen LogP contribution in [0.15, 0.2) is 16.0 Å². The molecule has 0 aliphatic heterocycles. The van der Waals surface area contributed by atoms with E-state index < -0.39 is 10.0 Å². The van der Waals surface area contributed by atoms with Crippen LogP contribution in [0.4, 0.5) is 0 Å². The van der Waals surface area contributed by atoms with E-state index >= 15 is 0 Å². The molecule has 0 saturated carbocycles. The minimum atomic E-state index is -3.70. The molecule has 0 aromatic carbocycles. The SMILES string of the molecule is CN(Cc1ncn[nH]1)S(=O)(=O)c1c(Br)nnn1C. The van der Waals surface area contributed by atoms with E-state index in [1.807, 2.05) is 0 Å². The summed E-state index contributed by atoms with van der Waals surface area (Å²) in [5.41, 5.74) is 0. The second kappa shape index (κ2) is 4.74. The lowest BCUT2D eigenvalue weighted by molar-refractivity contribution is 0.448. The highest BCUT2D eigenvalue weighted by Crippen LogP contribution is 2.21. The maximum Gasteiger partial charge on any atom is 0.263 e. The Morgan fingerprint density at radius 1 is 1.56 bits per heavy atom. The van der Waals surface area contributed by atoms with Crippen LogP contribution < -0.4 is 0 Å². The lowest BCUT2D eigenvalue weighted by atomic mass is 10.6. The van der Waals surface area contributed by atoms with E-state index in [-0.39, 0.29) is 16.2 Å². The molecular weight excluding hydrogens is 326 g/mol. The van der Waals surface area contributed by atoms with Crippen LogP contribution in [0, 0.1) is 0 Å². The van der Waals surface area contributed by atoms with Crippen LogP contribution in [0.5, 0.6) is 0 Å². The number of aryl methyl sites for hydroxylation is 1. The second-order valence-corrected chi connectivity index (χ2v) is 6.21. The highest BCUT2D eigenvalue weighted by atomic mass is 79.9. The van der Waals surface area contributed by atoms with Crippen molar-refractivity contribution in [3.05, 3.63) is 16.8 Å². The van der Waals surface area contributed by atoms with Crippen LogP contribution in [0.25, 0.3) is 0 Å². The summed E-state index contributed by atoms with van der Waals surface area (Å²) in [5, 5.41) is 13.5. The zero-order chi connectivity index (χ0) is 13.3. The highest BCUT2D eigenvalue weighted by Gasteiger charge is 2.28. The summed E-state index contributed by atoms with van der Waals surface area (Å²) >= 11 is 3.06. The van der Waals surface area contributed by atoms with E-state index in [9.17, 15) is 8.42 Å². The topological polar surface area (TPSA) is 110 Å². The molecule has 18 heavy (non-hydrogen) atoms. The maximum atomic E-state index is 12.3. The van der Waals surface area contributed by atoms with Gasteiger partial charge in [-0.3, -0.25) is 5.10 Å². The van der Waals surface area contributed by atoms with Crippen LogP contribution >= 0.6 is 15.9 Å². The molecule has 0 amide bonds. The van der Waals surface area contributed by atoms with Gasteiger partial charge in [0.25, 0.3) is 10.0 Å². The van der Waals surface area contributed by atoms with Crippen molar-refractivity contribution >= 4 is 26.0 Å². The number of hydrogen-bond donors (Lipinski definition) is 1. The summed E-state index contributed by atoms with van der Waals surface area (Å²) < 4.78 is 27.1. The van der Waals surface area contributed by atoms with Crippen molar-refractivity contribution in [2.45, 2.75) is 11.6 Å². The molecule has 2 rings (SSSR count). The Morgan fingerprint density at radius 3 is 2.78 bits per heavy atom. The summed E-state index contributed by atoms with van der Waals surface area (Å²) in [6, 6.07) is 0. The molecule has 1 N–H and O–H groups in total. The lowest BCUT2D eigenvalue weighted by Gasteiger charge is -2.15. The minimum Gasteiger partial charge on any atom is -0.262 e. The average molecular weight is 336 g/mol. The Bertz CT molecular complexity index is 615. The highest BCUT2D eigenvalue weighted by molar-refractivity contribution is 9.10. The summed E-state index contributed by atoms with van der Waals surface area (Å²) in [4.78, 5) is 3.87. The number of H-pyrrole nitrogens is 1. The molecule has 2 aromatic rings. The number of rotatable bonds is 4. The van der Waals surface area contributed by atoms with E-state index in [0.717, 1.165) is 4.31 Å². The van der Waals surface area contributed by atoms with Gasteiger partial charge in [-0.1, -0.05) is 5.21 Å². The van der Waals surface area contributed by atoms with Gasteiger partial charge in [-0.15, -0.1) is 5.10 Å². The molecule has 2 heterocycles. The Balaban J connectivity index is 2.32. The molecule has 2 aromatic heterocycles. The zero-order valence-corrected chi connectivity index (χ0v) is 12.0. The Kier molecular flexibility index (Phi) is 3.45. The Hall–Kier alpha value is -1.33. The van der Waals surface area contributed by atoms with Gasteiger partial charge in [0.05, 0.1) is 6.54 Å². The van der Waals surface area contributed by atoms with Gasteiger partial charge in [0.2, 0.25) is 5.03 Å². The standard InChI is InChI=1S/C7H10BrN7O2S/c1-14(3-5-9-4-10-11-5)18(16,17)7-6(8)12-13-15(7)2/h4H,3H2,1-2H3,(H,9,10,11). The Morgan fingerprint density at radius 2 is 2.28 bits per heavy atom. The first-order valence-corrected chi connectivity index (χ1v) is 7.02. The summed E-state index contributed by atoms with van der Waals surface area (Å²) in [5.74, 6) is 0.451. The molecule has 11 heteroatoms. The third kappa shape index (κ3) is 2.28. The van der Waals surface area contributed by atoms with Crippen molar-refractivity contribution in [2.75, 3.05) is 7.05 Å². The first-order valence-electron chi connectivity index (χ1n) is 4.78. The van der Waals surface area contributed by atoms with E-state index in [0.29, 0.717) is 5.82 Å². The largest absolute Gasteiger partial charge is 0.263 e. The molecule has 0 atom stereocenters. The molecule has 0 radical (unpaired) electrons. The first kappa shape index (κ1) is 13.1. The van der Waals surface area contributed by atoms with Gasteiger partial charge in [-0.05, 0) is 15.9 Å². The van der Waals surface area contributed by atoms with Crippen LogP contribution in [-0.4, -0.2) is 49.9 Å². The lowest BCUT2D eigenvalue weighted by Crippen LogP contribution is -2.29. The van der Waals surface area contributed by atoms with E-state index in [1.54, 1.807) is 0 Å². The number of aromatic nitrogens is 6. The quantitative estimate of drug-likeness (QED) is 0.807. The molecule has 0 aliphatic rings. The summed E-state index contributed by atoms with van der Waals surface area (Å²) in [7, 11) is -0.748. The monoisotopic (exact) mass is 335 g/mol. The third-order valence-electron chi connectivity index (χ3n) is 2.23. The van der Waals surface area contributed by atoms with Crippen LogP contribution in [-0.2, 0) is 23.6 Å². The normalized spacial score (nSPS) is 12.2. The maximum absolute atomic E-state index is 12.3. The molecule has 0 unspecified atom stereocenters. The van der Waals surface area contributed by atoms with Crippen molar-refractivity contribution in [3.63, 3.8) is 0 Å². The average Bonchev–Trinajstić information content (AvgIpc) is 2.89. The van der Waals surface area contributed by atoms with Crippen molar-refractivity contribution in [3.8, 4) is 0 Å². The van der Waals surface area contributed by atoms with Gasteiger partial charge in [0, 0.05) is 14.1 Å². The minimum absolute atomic E-state index is 0.00971. The first-order chi connectivity index (χ1) is 8.43. The smallest absolute Gasteiger partial charge is 0.262 e. The fraction of sp³-hybridized carbons (Fsp3) is 0.429. The number of hydrogen-bond acceptors (Lipinski definition) is 6. The molecule has 0 aliphatic carbocycles. The number of aromatic amines is 1. The van der Waals surface area contributed by atoms with Gasteiger partial charge < -0.3 is 0 Å². The second-order valence-electron chi connectivity index (χ2n) is 3.50. The van der Waals surface area contributed by atoms with Crippen molar-refractivity contribution in [1.82, 2.24) is 34.5 Å². The predicted octanol–water partition coefficient (Wildman–Crippen LogP) is -0.484. The van der Waals surface area contributed by atoms with Gasteiger partial charge >= 0.3 is 0 Å². The molecule has 0 bridgehead atoms. The molecular formula is C7H10BrN7O2S. The number of nitrogens with zero attached hydrogens (tertiary/aromatic N) is 6. The van der Waals surface area contributed by atoms with Crippen molar-refractivity contribution in [1.29, 1.82) is 0 Å². The third-order valence-corrected chi connectivity index (χ3v) is 4.92. The number of nitrogens with one attached hydrogen (secondary N) is 1. The fourth-order valence-corrected chi connectivity index (χ4v) is 3.50. The molecule has 9 nitrogen and oxygen atoms in total. The van der Waals surface area contributed by atoms with E-state index in [4.69, 9.17) is 0 Å². The van der Waals surface area contributed by atoms with Crippen LogP contribution in [0.1, 0.15) is 5.82 Å². The van der Waals surface area contributed by atoms with Gasteiger partial charge in [-0.25, -0.2) is 18.1 Å².